The number of rotatable bonds is 3. The molecule has 2 rings (SSSR count). The molecule has 1 unspecified atom stereocenters. The topological polar surface area (TPSA) is 38.0 Å². The molecule has 0 saturated heterocycles. The van der Waals surface area contributed by atoms with Crippen molar-refractivity contribution in [2.75, 3.05) is 13.1 Å². The van der Waals surface area contributed by atoms with Crippen LogP contribution in [-0.4, -0.2) is 13.1 Å². The lowest BCUT2D eigenvalue weighted by molar-refractivity contribution is 0.360. The molecule has 2 nitrogen and oxygen atoms in total. The van der Waals surface area contributed by atoms with Gasteiger partial charge in [-0.3, -0.25) is 0 Å². The number of benzene rings is 1. The van der Waals surface area contributed by atoms with Crippen LogP contribution in [0.1, 0.15) is 43.9 Å². The Labute approximate surface area is 98.2 Å². The van der Waals surface area contributed by atoms with Gasteiger partial charge in [-0.15, -0.1) is 0 Å². The molecule has 88 valence electrons. The van der Waals surface area contributed by atoms with Crippen LogP contribution < -0.4 is 11.1 Å². The van der Waals surface area contributed by atoms with E-state index in [1.54, 1.807) is 0 Å². The second-order valence-corrected chi connectivity index (χ2v) is 5.31. The summed E-state index contributed by atoms with van der Waals surface area (Å²) in [7, 11) is 0. The Bertz CT molecular complexity index is 358. The highest BCUT2D eigenvalue weighted by molar-refractivity contribution is 5.38. The number of nitrogens with one attached hydrogen (secondary N) is 1. The van der Waals surface area contributed by atoms with Gasteiger partial charge in [-0.2, -0.15) is 0 Å². The summed E-state index contributed by atoms with van der Waals surface area (Å²) in [6, 6.07) is 9.30. The maximum absolute atomic E-state index is 5.56. The van der Waals surface area contributed by atoms with Crippen molar-refractivity contribution in [3.8, 4) is 0 Å². The molecule has 1 aromatic rings. The van der Waals surface area contributed by atoms with Gasteiger partial charge in [0.25, 0.3) is 0 Å². The van der Waals surface area contributed by atoms with E-state index in [0.29, 0.717) is 18.0 Å². The van der Waals surface area contributed by atoms with E-state index in [1.807, 2.05) is 0 Å². The zero-order valence-electron chi connectivity index (χ0n) is 10.3. The van der Waals surface area contributed by atoms with Crippen LogP contribution in [0, 0.1) is 0 Å². The van der Waals surface area contributed by atoms with Crippen molar-refractivity contribution in [1.82, 2.24) is 5.32 Å². The predicted molar refractivity (Wildman–Crippen MR) is 68.5 cm³/mol. The molecule has 3 N–H and O–H groups in total. The predicted octanol–water partition coefficient (Wildman–Crippen LogP) is 2.35. The van der Waals surface area contributed by atoms with E-state index in [4.69, 9.17) is 5.73 Å². The summed E-state index contributed by atoms with van der Waals surface area (Å²) in [5, 5.41) is 3.54. The van der Waals surface area contributed by atoms with Crippen molar-refractivity contribution in [2.24, 2.45) is 5.73 Å². The van der Waals surface area contributed by atoms with Gasteiger partial charge >= 0.3 is 0 Å². The number of nitrogens with two attached hydrogens (primary N) is 1. The van der Waals surface area contributed by atoms with E-state index in [2.05, 4.69) is 43.4 Å². The van der Waals surface area contributed by atoms with Crippen LogP contribution in [0.25, 0.3) is 0 Å². The summed E-state index contributed by atoms with van der Waals surface area (Å²) in [6.07, 6.45) is 2.45. The molecule has 0 heterocycles. The molecule has 1 aliphatic carbocycles. The Morgan fingerprint density at radius 3 is 2.88 bits per heavy atom. The Hall–Kier alpha value is -0.860. The van der Waals surface area contributed by atoms with Crippen LogP contribution in [0.3, 0.4) is 0 Å². The minimum atomic E-state index is 0.317. The van der Waals surface area contributed by atoms with E-state index < -0.39 is 0 Å². The maximum Gasteiger partial charge on any atom is 0.0324 e. The standard InChI is InChI=1S/C14H22N2/c1-14(2)8-7-13(16-10-9-15)11-5-3-4-6-12(11)14/h3-6,13,16H,7-10,15H2,1-2H3. The molecule has 0 bridgehead atoms. The van der Waals surface area contributed by atoms with Gasteiger partial charge in [-0.05, 0) is 29.4 Å². The molecular formula is C14H22N2. The fraction of sp³-hybridized carbons (Fsp3) is 0.571. The van der Waals surface area contributed by atoms with Gasteiger partial charge < -0.3 is 11.1 Å². The molecule has 0 saturated carbocycles. The van der Waals surface area contributed by atoms with Gasteiger partial charge in [0, 0.05) is 19.1 Å². The third-order valence-corrected chi connectivity index (χ3v) is 3.66. The van der Waals surface area contributed by atoms with Gasteiger partial charge in [0.2, 0.25) is 0 Å². The molecule has 1 atom stereocenters. The van der Waals surface area contributed by atoms with E-state index in [9.17, 15) is 0 Å². The Balaban J connectivity index is 2.28. The lowest BCUT2D eigenvalue weighted by atomic mass is 9.71. The summed E-state index contributed by atoms with van der Waals surface area (Å²) in [5.41, 5.74) is 8.83. The molecule has 0 aliphatic heterocycles. The van der Waals surface area contributed by atoms with Crippen LogP contribution in [0.5, 0.6) is 0 Å². The lowest BCUT2D eigenvalue weighted by Gasteiger charge is -2.37. The third-order valence-electron chi connectivity index (χ3n) is 3.66. The van der Waals surface area contributed by atoms with Crippen LogP contribution in [0.4, 0.5) is 0 Å². The molecule has 0 spiro atoms. The van der Waals surface area contributed by atoms with Crippen molar-refractivity contribution in [2.45, 2.75) is 38.1 Å². The van der Waals surface area contributed by atoms with Gasteiger partial charge in [0.05, 0.1) is 0 Å². The highest BCUT2D eigenvalue weighted by Crippen LogP contribution is 2.41. The van der Waals surface area contributed by atoms with E-state index in [0.717, 1.165) is 6.54 Å². The maximum atomic E-state index is 5.56. The zero-order chi connectivity index (χ0) is 11.6. The average Bonchev–Trinajstić information content (AvgIpc) is 2.29. The second-order valence-electron chi connectivity index (χ2n) is 5.31. The van der Waals surface area contributed by atoms with E-state index in [1.165, 1.54) is 24.0 Å². The lowest BCUT2D eigenvalue weighted by Crippen LogP contribution is -2.34. The van der Waals surface area contributed by atoms with Gasteiger partial charge in [-0.25, -0.2) is 0 Å². The van der Waals surface area contributed by atoms with Crippen molar-refractivity contribution in [3.63, 3.8) is 0 Å². The fourth-order valence-electron chi connectivity index (χ4n) is 2.68. The van der Waals surface area contributed by atoms with E-state index in [-0.39, 0.29) is 0 Å². The number of fused-ring (bicyclic) bond motifs is 1. The van der Waals surface area contributed by atoms with Crippen LogP contribution in [-0.2, 0) is 5.41 Å². The summed E-state index contributed by atoms with van der Waals surface area (Å²) in [5.74, 6) is 0. The molecule has 1 aromatic carbocycles. The highest BCUT2D eigenvalue weighted by Gasteiger charge is 2.31. The first-order valence-corrected chi connectivity index (χ1v) is 6.18. The van der Waals surface area contributed by atoms with Crippen LogP contribution in [0.15, 0.2) is 24.3 Å². The van der Waals surface area contributed by atoms with Gasteiger partial charge in [0.1, 0.15) is 0 Å². The molecule has 16 heavy (non-hydrogen) atoms. The smallest absolute Gasteiger partial charge is 0.0324 e. The molecule has 0 fully saturated rings. The quantitative estimate of drug-likeness (QED) is 0.817. The molecule has 0 radical (unpaired) electrons. The van der Waals surface area contributed by atoms with Crippen LogP contribution >= 0.6 is 0 Å². The SMILES string of the molecule is CC1(C)CCC(NCCN)c2ccccc21. The molecule has 1 aliphatic rings. The molecular weight excluding hydrogens is 196 g/mol. The summed E-state index contributed by atoms with van der Waals surface area (Å²) >= 11 is 0. The Kier molecular flexibility index (Phi) is 3.31. The highest BCUT2D eigenvalue weighted by atomic mass is 14.9. The minimum absolute atomic E-state index is 0.317. The Morgan fingerprint density at radius 1 is 1.38 bits per heavy atom. The van der Waals surface area contributed by atoms with Crippen molar-refractivity contribution in [3.05, 3.63) is 35.4 Å². The number of hydrogen-bond acceptors (Lipinski definition) is 2. The third kappa shape index (κ3) is 2.13. The molecule has 0 amide bonds. The van der Waals surface area contributed by atoms with Crippen molar-refractivity contribution >= 4 is 0 Å². The second kappa shape index (κ2) is 4.56. The first-order chi connectivity index (χ1) is 7.65. The average molecular weight is 218 g/mol. The summed E-state index contributed by atoms with van der Waals surface area (Å²) < 4.78 is 0. The fourth-order valence-corrected chi connectivity index (χ4v) is 2.68. The van der Waals surface area contributed by atoms with Gasteiger partial charge in [-0.1, -0.05) is 38.1 Å². The Morgan fingerprint density at radius 2 is 2.12 bits per heavy atom. The van der Waals surface area contributed by atoms with Crippen LogP contribution in [0.2, 0.25) is 0 Å². The normalized spacial score (nSPS) is 22.8. The first-order valence-electron chi connectivity index (χ1n) is 6.18. The molecule has 2 heteroatoms. The van der Waals surface area contributed by atoms with Crippen molar-refractivity contribution in [1.29, 1.82) is 0 Å². The van der Waals surface area contributed by atoms with E-state index >= 15 is 0 Å². The minimum Gasteiger partial charge on any atom is -0.329 e. The van der Waals surface area contributed by atoms with Crippen molar-refractivity contribution < 1.29 is 0 Å². The number of hydrogen-bond donors (Lipinski definition) is 2. The summed E-state index contributed by atoms with van der Waals surface area (Å²) in [6.45, 7) is 6.29. The largest absolute Gasteiger partial charge is 0.329 e. The monoisotopic (exact) mass is 218 g/mol. The molecule has 0 aromatic heterocycles. The first kappa shape index (κ1) is 11.6. The summed E-state index contributed by atoms with van der Waals surface area (Å²) in [4.78, 5) is 0. The zero-order valence-corrected chi connectivity index (χ0v) is 10.3. The van der Waals surface area contributed by atoms with Gasteiger partial charge in [0.15, 0.2) is 0 Å².